The average molecular weight is 512 g/mol. The number of hydrogen-bond acceptors (Lipinski definition) is 9. The molecule has 3 aromatic heterocycles. The van der Waals surface area contributed by atoms with Gasteiger partial charge in [0.25, 0.3) is 10.0 Å². The highest BCUT2D eigenvalue weighted by Gasteiger charge is 2.25. The summed E-state index contributed by atoms with van der Waals surface area (Å²) in [6.07, 6.45) is 3.45. The van der Waals surface area contributed by atoms with E-state index in [-0.39, 0.29) is 27.7 Å². The Kier molecular flexibility index (Phi) is 6.87. The lowest BCUT2D eigenvalue weighted by Crippen LogP contribution is -2.19. The van der Waals surface area contributed by atoms with E-state index in [0.717, 1.165) is 0 Å². The van der Waals surface area contributed by atoms with Gasteiger partial charge < -0.3 is 18.7 Å². The van der Waals surface area contributed by atoms with E-state index in [2.05, 4.69) is 31.8 Å². The Morgan fingerprint density at radius 1 is 1.17 bits per heavy atom. The van der Waals surface area contributed by atoms with Gasteiger partial charge in [-0.15, -0.1) is 0 Å². The Morgan fingerprint density at radius 3 is 2.64 bits per heavy atom. The van der Waals surface area contributed by atoms with E-state index in [9.17, 15) is 8.42 Å². The third-order valence-corrected chi connectivity index (χ3v) is 6.63. The molecule has 3 heterocycles. The van der Waals surface area contributed by atoms with E-state index in [1.54, 1.807) is 42.4 Å². The van der Waals surface area contributed by atoms with Crippen molar-refractivity contribution in [3.05, 3.63) is 54.0 Å². The van der Waals surface area contributed by atoms with Crippen molar-refractivity contribution in [2.24, 2.45) is 0 Å². The second-order valence-corrected chi connectivity index (χ2v) is 9.82. The van der Waals surface area contributed by atoms with E-state index in [1.807, 2.05) is 13.8 Å². The van der Waals surface area contributed by atoms with Crippen molar-refractivity contribution < 1.29 is 27.2 Å². The zero-order valence-electron chi connectivity index (χ0n) is 20.4. The number of fused-ring (bicyclic) bond motifs is 1. The van der Waals surface area contributed by atoms with Gasteiger partial charge in [-0.3, -0.25) is 9.40 Å². The number of aromatic nitrogens is 4. The van der Waals surface area contributed by atoms with Crippen LogP contribution in [-0.2, 0) is 21.3 Å². The summed E-state index contributed by atoms with van der Waals surface area (Å²) in [6, 6.07) is 7.98. The summed E-state index contributed by atoms with van der Waals surface area (Å²) in [4.78, 5) is 4.36. The lowest BCUT2D eigenvalue weighted by atomic mass is 10.1. The molecule has 1 aromatic carbocycles. The van der Waals surface area contributed by atoms with Crippen LogP contribution in [0.5, 0.6) is 11.6 Å². The molecule has 1 N–H and O–H groups in total. The Bertz CT molecular complexity index is 1550. The molecule has 0 unspecified atom stereocenters. The molecular formula is C24H25N5O6S. The number of anilines is 1. The molecular weight excluding hydrogens is 486 g/mol. The summed E-state index contributed by atoms with van der Waals surface area (Å²) >= 11 is 0. The topological polar surface area (TPSA) is 131 Å². The first kappa shape index (κ1) is 25.0. The molecule has 0 bridgehead atoms. The van der Waals surface area contributed by atoms with Crippen molar-refractivity contribution in [2.75, 3.05) is 26.1 Å². The molecule has 12 heteroatoms. The van der Waals surface area contributed by atoms with Gasteiger partial charge in [0.15, 0.2) is 11.4 Å². The van der Waals surface area contributed by atoms with Crippen molar-refractivity contribution >= 4 is 26.8 Å². The standard InChI is InChI=1S/C24H25N5O6S/c1-24(2,34-5)10-9-16-7-8-20(18(13-16)32-3)36(30,31)28-22-21-19(35-27-22)14-17(26-23(21)33-4)15-29-12-6-11-25-29/h6-8,11-14H,15H2,1-5H3,(H,27,28). The third-order valence-electron chi connectivity index (χ3n) is 5.25. The predicted octanol–water partition coefficient (Wildman–Crippen LogP) is 3.06. The highest BCUT2D eigenvalue weighted by molar-refractivity contribution is 7.92. The van der Waals surface area contributed by atoms with E-state index >= 15 is 0 Å². The quantitative estimate of drug-likeness (QED) is 0.355. The molecule has 0 aliphatic heterocycles. The summed E-state index contributed by atoms with van der Waals surface area (Å²) in [5, 5.41) is 8.35. The lowest BCUT2D eigenvalue weighted by molar-refractivity contribution is 0.0741. The molecule has 0 atom stereocenters. The molecule has 0 aliphatic carbocycles. The van der Waals surface area contributed by atoms with Gasteiger partial charge in [0.1, 0.15) is 21.6 Å². The van der Waals surface area contributed by atoms with Gasteiger partial charge in [0.05, 0.1) is 26.5 Å². The zero-order valence-corrected chi connectivity index (χ0v) is 21.2. The molecule has 0 aliphatic rings. The minimum absolute atomic E-state index is 0.0623. The monoisotopic (exact) mass is 511 g/mol. The van der Waals surface area contributed by atoms with Crippen molar-refractivity contribution in [1.82, 2.24) is 19.9 Å². The van der Waals surface area contributed by atoms with Gasteiger partial charge >= 0.3 is 0 Å². The normalized spacial score (nSPS) is 11.7. The fraction of sp³-hybridized carbons (Fsp3) is 0.292. The van der Waals surface area contributed by atoms with Crippen LogP contribution in [0.15, 0.2) is 52.1 Å². The first-order valence-electron chi connectivity index (χ1n) is 10.8. The highest BCUT2D eigenvalue weighted by Crippen LogP contribution is 2.34. The molecule has 11 nitrogen and oxygen atoms in total. The van der Waals surface area contributed by atoms with Crippen LogP contribution in [-0.4, -0.2) is 55.3 Å². The van der Waals surface area contributed by atoms with Crippen LogP contribution < -0.4 is 14.2 Å². The van der Waals surface area contributed by atoms with Crippen LogP contribution in [0.3, 0.4) is 0 Å². The van der Waals surface area contributed by atoms with Crippen LogP contribution in [0.25, 0.3) is 11.0 Å². The number of methoxy groups -OCH3 is 3. The van der Waals surface area contributed by atoms with Gasteiger partial charge in [0.2, 0.25) is 5.88 Å². The number of nitrogens with one attached hydrogen (secondary N) is 1. The van der Waals surface area contributed by atoms with Crippen molar-refractivity contribution in [1.29, 1.82) is 0 Å². The maximum atomic E-state index is 13.3. The SMILES string of the molecule is COc1cc(C#CC(C)(C)OC)ccc1S(=O)(=O)Nc1noc2cc(Cn3cccn3)nc(OC)c12. The lowest BCUT2D eigenvalue weighted by Gasteiger charge is -2.14. The minimum Gasteiger partial charge on any atom is -0.495 e. The maximum Gasteiger partial charge on any atom is 0.266 e. The Balaban J connectivity index is 1.67. The molecule has 36 heavy (non-hydrogen) atoms. The molecule has 0 saturated heterocycles. The van der Waals surface area contributed by atoms with E-state index in [1.165, 1.54) is 26.4 Å². The van der Waals surface area contributed by atoms with Gasteiger partial charge in [-0.25, -0.2) is 13.4 Å². The first-order valence-corrected chi connectivity index (χ1v) is 12.2. The van der Waals surface area contributed by atoms with Gasteiger partial charge in [-0.1, -0.05) is 17.0 Å². The number of ether oxygens (including phenoxy) is 3. The number of sulfonamides is 1. The second kappa shape index (κ2) is 9.88. The highest BCUT2D eigenvalue weighted by atomic mass is 32.2. The Labute approximate surface area is 208 Å². The van der Waals surface area contributed by atoms with Crippen LogP contribution in [0.4, 0.5) is 5.82 Å². The number of benzene rings is 1. The van der Waals surface area contributed by atoms with Crippen molar-refractivity contribution in [3.63, 3.8) is 0 Å². The average Bonchev–Trinajstić information content (AvgIpc) is 3.52. The molecule has 4 rings (SSSR count). The predicted molar refractivity (Wildman–Crippen MR) is 131 cm³/mol. The summed E-state index contributed by atoms with van der Waals surface area (Å²) in [6.45, 7) is 4.02. The molecule has 4 aromatic rings. The molecule has 0 amide bonds. The molecule has 0 fully saturated rings. The second-order valence-electron chi connectivity index (χ2n) is 8.17. The molecule has 0 radical (unpaired) electrons. The summed E-state index contributed by atoms with van der Waals surface area (Å²) < 4.78 is 52.1. The number of hydrogen-bond donors (Lipinski definition) is 1. The van der Waals surface area contributed by atoms with E-state index in [0.29, 0.717) is 23.4 Å². The van der Waals surface area contributed by atoms with Crippen LogP contribution in [0, 0.1) is 11.8 Å². The summed E-state index contributed by atoms with van der Waals surface area (Å²) in [5.74, 6) is 6.16. The van der Waals surface area contributed by atoms with Gasteiger partial charge in [-0.05, 0) is 38.1 Å². The van der Waals surface area contributed by atoms with Gasteiger partial charge in [0, 0.05) is 31.1 Å². The Morgan fingerprint density at radius 2 is 1.97 bits per heavy atom. The number of pyridine rings is 1. The fourth-order valence-electron chi connectivity index (χ4n) is 3.26. The molecule has 0 saturated carbocycles. The minimum atomic E-state index is -4.13. The maximum absolute atomic E-state index is 13.3. The molecule has 0 spiro atoms. The number of rotatable bonds is 8. The van der Waals surface area contributed by atoms with Crippen molar-refractivity contribution in [3.8, 4) is 23.5 Å². The molecule has 188 valence electrons. The van der Waals surface area contributed by atoms with Crippen LogP contribution >= 0.6 is 0 Å². The Hall–Kier alpha value is -4.08. The fourth-order valence-corrected chi connectivity index (χ4v) is 4.42. The van der Waals surface area contributed by atoms with Crippen LogP contribution in [0.2, 0.25) is 0 Å². The van der Waals surface area contributed by atoms with E-state index < -0.39 is 15.6 Å². The number of nitrogens with zero attached hydrogens (tertiary/aromatic N) is 4. The zero-order chi connectivity index (χ0) is 25.9. The van der Waals surface area contributed by atoms with E-state index in [4.69, 9.17) is 18.7 Å². The smallest absolute Gasteiger partial charge is 0.266 e. The van der Waals surface area contributed by atoms with Crippen molar-refractivity contribution in [2.45, 2.75) is 30.9 Å². The largest absolute Gasteiger partial charge is 0.495 e. The van der Waals surface area contributed by atoms with Crippen LogP contribution in [0.1, 0.15) is 25.1 Å². The third kappa shape index (κ3) is 5.27. The summed E-state index contributed by atoms with van der Waals surface area (Å²) in [7, 11) is 0.246. The first-order chi connectivity index (χ1) is 17.2. The van der Waals surface area contributed by atoms with Gasteiger partial charge in [-0.2, -0.15) is 5.10 Å². The summed E-state index contributed by atoms with van der Waals surface area (Å²) in [5.41, 5.74) is 0.820.